The van der Waals surface area contributed by atoms with Crippen LogP contribution < -0.4 is 5.32 Å². The highest BCUT2D eigenvalue weighted by Crippen LogP contribution is 2.27. The van der Waals surface area contributed by atoms with E-state index in [4.69, 9.17) is 0 Å². The van der Waals surface area contributed by atoms with Gasteiger partial charge in [0.1, 0.15) is 0 Å². The molecule has 2 N–H and O–H groups in total. The molecule has 1 aliphatic rings. The third-order valence-corrected chi connectivity index (χ3v) is 4.82. The van der Waals surface area contributed by atoms with E-state index in [1.54, 1.807) is 0 Å². The molecule has 1 saturated heterocycles. The molecule has 2 atom stereocenters. The van der Waals surface area contributed by atoms with Crippen LogP contribution in [0.5, 0.6) is 0 Å². The Bertz CT molecular complexity index is 277. The number of hydrogen-bond donors (Lipinski definition) is 2. The molecule has 0 saturated carbocycles. The molecule has 0 aromatic heterocycles. The summed E-state index contributed by atoms with van der Waals surface area (Å²) < 4.78 is 0. The van der Waals surface area contributed by atoms with Crippen LogP contribution in [-0.2, 0) is 0 Å². The van der Waals surface area contributed by atoms with Gasteiger partial charge < -0.3 is 15.3 Å². The van der Waals surface area contributed by atoms with Crippen LogP contribution in [0, 0.1) is 11.3 Å². The molecule has 0 amide bonds. The quantitative estimate of drug-likeness (QED) is 0.787. The minimum absolute atomic E-state index is 0.141. The number of aliphatic hydroxyl groups excluding tert-OH is 1. The van der Waals surface area contributed by atoms with Crippen molar-refractivity contribution in [2.45, 2.75) is 72.4 Å². The highest BCUT2D eigenvalue weighted by Gasteiger charge is 2.30. The lowest BCUT2D eigenvalue weighted by molar-refractivity contribution is 0.0533. The summed E-state index contributed by atoms with van der Waals surface area (Å²) in [6.45, 7) is 17.8. The molecule has 0 spiro atoms. The Morgan fingerprint density at radius 2 is 1.75 bits per heavy atom. The van der Waals surface area contributed by atoms with Crippen molar-refractivity contribution in [3.8, 4) is 0 Å². The molecule has 0 radical (unpaired) electrons. The third-order valence-electron chi connectivity index (χ3n) is 4.82. The first-order valence-corrected chi connectivity index (χ1v) is 8.31. The maximum atomic E-state index is 9.69. The zero-order valence-corrected chi connectivity index (χ0v) is 14.5. The van der Waals surface area contributed by atoms with Crippen molar-refractivity contribution >= 4 is 0 Å². The molecule has 3 nitrogen and oxygen atoms in total. The highest BCUT2D eigenvalue weighted by molar-refractivity contribution is 4.85. The summed E-state index contributed by atoms with van der Waals surface area (Å²) in [5.41, 5.74) is 0.528. The molecule has 1 heterocycles. The molecule has 0 aliphatic carbocycles. The number of nitrogens with zero attached hydrogens (tertiary/aromatic N) is 1. The van der Waals surface area contributed by atoms with Crippen LogP contribution in [0.15, 0.2) is 0 Å². The van der Waals surface area contributed by atoms with Crippen molar-refractivity contribution in [1.82, 2.24) is 10.2 Å². The molecule has 0 aromatic carbocycles. The Kier molecular flexibility index (Phi) is 6.49. The van der Waals surface area contributed by atoms with Gasteiger partial charge in [-0.2, -0.15) is 0 Å². The van der Waals surface area contributed by atoms with Crippen LogP contribution in [0.2, 0.25) is 0 Å². The fourth-order valence-corrected chi connectivity index (χ4v) is 2.90. The zero-order valence-electron chi connectivity index (χ0n) is 14.5. The standard InChI is InChI=1S/C17H36N2O/c1-7-17(6,12-18-16(3,4)5)13-19-10-8-15(9-11-19)14(2)20/h14-15,18,20H,7-13H2,1-6H3. The lowest BCUT2D eigenvalue weighted by Crippen LogP contribution is -2.49. The molecule has 3 heteroatoms. The summed E-state index contributed by atoms with van der Waals surface area (Å²) in [6, 6.07) is 0. The fraction of sp³-hybridized carbons (Fsp3) is 1.00. The number of rotatable bonds is 6. The van der Waals surface area contributed by atoms with Crippen LogP contribution in [0.4, 0.5) is 0 Å². The molecular weight excluding hydrogens is 248 g/mol. The minimum Gasteiger partial charge on any atom is -0.393 e. The second-order valence-corrected chi connectivity index (χ2v) is 8.12. The molecule has 1 aliphatic heterocycles. The molecule has 120 valence electrons. The molecule has 20 heavy (non-hydrogen) atoms. The summed E-state index contributed by atoms with van der Waals surface area (Å²) >= 11 is 0. The second kappa shape index (κ2) is 7.24. The normalized spacial score (nSPS) is 23.6. The predicted molar refractivity (Wildman–Crippen MR) is 87.0 cm³/mol. The van der Waals surface area contributed by atoms with Crippen molar-refractivity contribution in [3.05, 3.63) is 0 Å². The average molecular weight is 284 g/mol. The van der Waals surface area contributed by atoms with Crippen LogP contribution >= 0.6 is 0 Å². The summed E-state index contributed by atoms with van der Waals surface area (Å²) in [4.78, 5) is 2.59. The molecule has 0 aromatic rings. The second-order valence-electron chi connectivity index (χ2n) is 8.12. The first-order valence-electron chi connectivity index (χ1n) is 8.31. The first-order chi connectivity index (χ1) is 9.15. The summed E-state index contributed by atoms with van der Waals surface area (Å²) in [6.07, 6.45) is 3.35. The Morgan fingerprint density at radius 1 is 1.20 bits per heavy atom. The van der Waals surface area contributed by atoms with Crippen LogP contribution in [0.1, 0.15) is 60.8 Å². The number of likely N-dealkylation sites (tertiary alicyclic amines) is 1. The van der Waals surface area contributed by atoms with E-state index in [0.29, 0.717) is 11.3 Å². The van der Waals surface area contributed by atoms with E-state index in [0.717, 1.165) is 32.5 Å². The van der Waals surface area contributed by atoms with Gasteiger partial charge in [-0.1, -0.05) is 13.8 Å². The van der Waals surface area contributed by atoms with Gasteiger partial charge in [0.15, 0.2) is 0 Å². The summed E-state index contributed by atoms with van der Waals surface area (Å²) in [5.74, 6) is 0.506. The summed E-state index contributed by atoms with van der Waals surface area (Å²) in [7, 11) is 0. The van der Waals surface area contributed by atoms with E-state index in [-0.39, 0.29) is 11.6 Å². The average Bonchev–Trinajstić information content (AvgIpc) is 2.36. The zero-order chi connectivity index (χ0) is 15.4. The van der Waals surface area contributed by atoms with Gasteiger partial charge in [0.05, 0.1) is 6.10 Å². The van der Waals surface area contributed by atoms with Crippen LogP contribution in [-0.4, -0.2) is 47.8 Å². The number of hydrogen-bond acceptors (Lipinski definition) is 3. The third kappa shape index (κ3) is 6.11. The Balaban J connectivity index is 2.44. The van der Waals surface area contributed by atoms with E-state index >= 15 is 0 Å². The van der Waals surface area contributed by atoms with Gasteiger partial charge in [0, 0.05) is 18.6 Å². The van der Waals surface area contributed by atoms with Gasteiger partial charge in [-0.15, -0.1) is 0 Å². The van der Waals surface area contributed by atoms with Crippen molar-refractivity contribution in [2.24, 2.45) is 11.3 Å². The topological polar surface area (TPSA) is 35.5 Å². The van der Waals surface area contributed by atoms with Crippen LogP contribution in [0.25, 0.3) is 0 Å². The van der Waals surface area contributed by atoms with Crippen molar-refractivity contribution < 1.29 is 5.11 Å². The maximum absolute atomic E-state index is 9.69. The lowest BCUT2D eigenvalue weighted by Gasteiger charge is -2.40. The molecule has 2 unspecified atom stereocenters. The SMILES string of the molecule is CCC(C)(CNC(C)(C)C)CN1CCC(C(C)O)CC1. The van der Waals surface area contributed by atoms with E-state index in [9.17, 15) is 5.11 Å². The van der Waals surface area contributed by atoms with Crippen molar-refractivity contribution in [3.63, 3.8) is 0 Å². The number of piperidine rings is 1. The Hall–Kier alpha value is -0.120. The maximum Gasteiger partial charge on any atom is 0.0541 e. The van der Waals surface area contributed by atoms with Gasteiger partial charge in [0.2, 0.25) is 0 Å². The van der Waals surface area contributed by atoms with E-state index in [1.807, 2.05) is 6.92 Å². The van der Waals surface area contributed by atoms with Crippen molar-refractivity contribution in [1.29, 1.82) is 0 Å². The number of aliphatic hydroxyl groups is 1. The lowest BCUT2D eigenvalue weighted by atomic mass is 9.84. The fourth-order valence-electron chi connectivity index (χ4n) is 2.90. The Morgan fingerprint density at radius 3 is 2.15 bits per heavy atom. The van der Waals surface area contributed by atoms with E-state index in [1.165, 1.54) is 13.0 Å². The van der Waals surface area contributed by atoms with Gasteiger partial charge in [0.25, 0.3) is 0 Å². The number of nitrogens with one attached hydrogen (secondary N) is 1. The highest BCUT2D eigenvalue weighted by atomic mass is 16.3. The van der Waals surface area contributed by atoms with Crippen molar-refractivity contribution in [2.75, 3.05) is 26.2 Å². The minimum atomic E-state index is -0.141. The smallest absolute Gasteiger partial charge is 0.0541 e. The predicted octanol–water partition coefficient (Wildman–Crippen LogP) is 2.88. The molecule has 1 rings (SSSR count). The van der Waals surface area contributed by atoms with Crippen LogP contribution in [0.3, 0.4) is 0 Å². The molecular formula is C17H36N2O. The van der Waals surface area contributed by atoms with Gasteiger partial charge in [-0.05, 0) is 71.4 Å². The Labute approximate surface area is 126 Å². The van der Waals surface area contributed by atoms with Gasteiger partial charge in [-0.3, -0.25) is 0 Å². The molecule has 0 bridgehead atoms. The van der Waals surface area contributed by atoms with E-state index < -0.39 is 0 Å². The molecule has 1 fully saturated rings. The van der Waals surface area contributed by atoms with E-state index in [2.05, 4.69) is 44.8 Å². The largest absolute Gasteiger partial charge is 0.393 e. The first kappa shape index (κ1) is 17.9. The summed E-state index contributed by atoms with van der Waals surface area (Å²) in [5, 5.41) is 13.4. The monoisotopic (exact) mass is 284 g/mol. The van der Waals surface area contributed by atoms with Gasteiger partial charge in [-0.25, -0.2) is 0 Å². The van der Waals surface area contributed by atoms with Gasteiger partial charge >= 0.3 is 0 Å².